The zero-order valence-corrected chi connectivity index (χ0v) is 19.5. The molecule has 174 valence electrons. The maximum absolute atomic E-state index is 12.8. The molecule has 0 saturated carbocycles. The highest BCUT2D eigenvalue weighted by atomic mass is 35.5. The summed E-state index contributed by atoms with van der Waals surface area (Å²) < 4.78 is 12.4. The lowest BCUT2D eigenvalue weighted by Gasteiger charge is -2.15. The quantitative estimate of drug-likeness (QED) is 0.344. The summed E-state index contributed by atoms with van der Waals surface area (Å²) in [4.78, 5) is 28.0. The van der Waals surface area contributed by atoms with Crippen molar-refractivity contribution in [1.82, 2.24) is 9.66 Å². The SMILES string of the molecule is COc1cc(Cl)cc(C=Nn2c(=O)[nH]c3ccccc3c2=O)c1OCc1cccc2ccccc12. The normalized spacial score (nSPS) is 11.4. The van der Waals surface area contributed by atoms with Gasteiger partial charge in [0.2, 0.25) is 0 Å². The van der Waals surface area contributed by atoms with E-state index in [2.05, 4.69) is 10.1 Å². The molecule has 1 N–H and O–H groups in total. The molecule has 0 fully saturated rings. The summed E-state index contributed by atoms with van der Waals surface area (Å²) in [6.45, 7) is 0.261. The Labute approximate surface area is 204 Å². The van der Waals surface area contributed by atoms with E-state index in [0.717, 1.165) is 21.0 Å². The van der Waals surface area contributed by atoms with Gasteiger partial charge in [0, 0.05) is 16.7 Å². The molecule has 0 atom stereocenters. The lowest BCUT2D eigenvalue weighted by Crippen LogP contribution is -2.32. The Morgan fingerprint density at radius 3 is 2.54 bits per heavy atom. The van der Waals surface area contributed by atoms with Crippen LogP contribution in [-0.2, 0) is 6.61 Å². The molecule has 0 radical (unpaired) electrons. The third-order valence-electron chi connectivity index (χ3n) is 5.62. The van der Waals surface area contributed by atoms with Gasteiger partial charge < -0.3 is 14.5 Å². The molecule has 5 aromatic rings. The Hall–Kier alpha value is -4.36. The summed E-state index contributed by atoms with van der Waals surface area (Å²) in [5.41, 5.74) is 0.696. The summed E-state index contributed by atoms with van der Waals surface area (Å²) in [5.74, 6) is 0.790. The van der Waals surface area contributed by atoms with Gasteiger partial charge in [-0.05, 0) is 34.5 Å². The zero-order valence-electron chi connectivity index (χ0n) is 18.7. The Bertz CT molecular complexity index is 1700. The number of aromatic amines is 1. The number of H-pyrrole nitrogens is 1. The van der Waals surface area contributed by atoms with Crippen LogP contribution in [0.5, 0.6) is 11.5 Å². The lowest BCUT2D eigenvalue weighted by atomic mass is 10.1. The fourth-order valence-electron chi connectivity index (χ4n) is 3.94. The Morgan fingerprint density at radius 1 is 0.971 bits per heavy atom. The van der Waals surface area contributed by atoms with Crippen LogP contribution in [0.25, 0.3) is 21.7 Å². The number of nitrogens with one attached hydrogen (secondary N) is 1. The second kappa shape index (κ2) is 9.48. The van der Waals surface area contributed by atoms with Crippen molar-refractivity contribution < 1.29 is 9.47 Å². The van der Waals surface area contributed by atoms with E-state index in [9.17, 15) is 9.59 Å². The number of rotatable bonds is 6. The van der Waals surface area contributed by atoms with E-state index in [1.807, 2.05) is 42.5 Å². The van der Waals surface area contributed by atoms with Crippen molar-refractivity contribution in [2.75, 3.05) is 7.11 Å². The van der Waals surface area contributed by atoms with E-state index >= 15 is 0 Å². The number of para-hydroxylation sites is 1. The van der Waals surface area contributed by atoms with E-state index in [4.69, 9.17) is 21.1 Å². The first kappa shape index (κ1) is 22.4. The van der Waals surface area contributed by atoms with Gasteiger partial charge in [-0.2, -0.15) is 5.10 Å². The number of nitrogens with zero attached hydrogens (tertiary/aromatic N) is 2. The molecule has 35 heavy (non-hydrogen) atoms. The number of ether oxygens (including phenoxy) is 2. The number of hydrogen-bond acceptors (Lipinski definition) is 5. The van der Waals surface area contributed by atoms with Gasteiger partial charge in [0.15, 0.2) is 11.5 Å². The van der Waals surface area contributed by atoms with Gasteiger partial charge >= 0.3 is 5.69 Å². The largest absolute Gasteiger partial charge is 0.493 e. The van der Waals surface area contributed by atoms with Gasteiger partial charge in [-0.1, -0.05) is 66.2 Å². The van der Waals surface area contributed by atoms with Gasteiger partial charge in [0.25, 0.3) is 5.56 Å². The molecule has 0 amide bonds. The molecular weight excluding hydrogens is 466 g/mol. The first-order valence-electron chi connectivity index (χ1n) is 10.8. The second-order valence-electron chi connectivity index (χ2n) is 7.79. The van der Waals surface area contributed by atoms with Crippen molar-refractivity contribution in [2.45, 2.75) is 6.61 Å². The number of aromatic nitrogens is 2. The minimum absolute atomic E-state index is 0.261. The molecule has 0 aliphatic carbocycles. The van der Waals surface area contributed by atoms with Gasteiger partial charge in [0.05, 0.1) is 24.2 Å². The summed E-state index contributed by atoms with van der Waals surface area (Å²) in [6.07, 6.45) is 1.36. The average Bonchev–Trinajstić information content (AvgIpc) is 2.87. The summed E-state index contributed by atoms with van der Waals surface area (Å²) in [6, 6.07) is 24.1. The number of fused-ring (bicyclic) bond motifs is 2. The average molecular weight is 486 g/mol. The van der Waals surface area contributed by atoms with Gasteiger partial charge in [-0.25, -0.2) is 4.79 Å². The molecule has 0 aliphatic rings. The Balaban J connectivity index is 1.55. The predicted octanol–water partition coefficient (Wildman–Crippen LogP) is 4.97. The number of methoxy groups -OCH3 is 1. The lowest BCUT2D eigenvalue weighted by molar-refractivity contribution is 0.285. The van der Waals surface area contributed by atoms with E-state index in [1.165, 1.54) is 13.3 Å². The maximum atomic E-state index is 12.8. The molecule has 4 aromatic carbocycles. The standard InChI is InChI=1S/C27H20ClN3O4/c1-34-24-14-20(28)13-19(15-29-31-26(32)22-11-4-5-12-23(22)30-27(31)33)25(24)35-16-18-9-6-8-17-7-2-3-10-21(17)18/h2-15H,16H2,1H3,(H,30,33). The van der Waals surface area contributed by atoms with Crippen LogP contribution in [0.4, 0.5) is 0 Å². The van der Waals surface area contributed by atoms with Crippen LogP contribution in [0.15, 0.2) is 93.6 Å². The summed E-state index contributed by atoms with van der Waals surface area (Å²) in [5, 5.41) is 7.07. The second-order valence-corrected chi connectivity index (χ2v) is 8.23. The minimum atomic E-state index is -0.655. The van der Waals surface area contributed by atoms with Crippen LogP contribution in [0, 0.1) is 0 Å². The van der Waals surface area contributed by atoms with Gasteiger partial charge in [-0.3, -0.25) is 4.79 Å². The fourth-order valence-corrected chi connectivity index (χ4v) is 4.15. The van der Waals surface area contributed by atoms with Gasteiger partial charge in [0.1, 0.15) is 6.61 Å². The molecule has 5 rings (SSSR count). The molecule has 7 nitrogen and oxygen atoms in total. The van der Waals surface area contributed by atoms with E-state index < -0.39 is 11.2 Å². The van der Waals surface area contributed by atoms with Crippen LogP contribution in [0.1, 0.15) is 11.1 Å². The van der Waals surface area contributed by atoms with Crippen molar-refractivity contribution in [1.29, 1.82) is 0 Å². The van der Waals surface area contributed by atoms with E-state index in [1.54, 1.807) is 36.4 Å². The minimum Gasteiger partial charge on any atom is -0.493 e. The highest BCUT2D eigenvalue weighted by molar-refractivity contribution is 6.31. The fraction of sp³-hybridized carbons (Fsp3) is 0.0741. The van der Waals surface area contributed by atoms with Gasteiger partial charge in [-0.15, -0.1) is 4.68 Å². The third kappa shape index (κ3) is 4.41. The molecular formula is C27H20ClN3O4. The number of halogens is 1. The van der Waals surface area contributed by atoms with E-state index in [0.29, 0.717) is 33.0 Å². The monoisotopic (exact) mass is 485 g/mol. The molecule has 1 heterocycles. The van der Waals surface area contributed by atoms with Crippen molar-refractivity contribution in [2.24, 2.45) is 5.10 Å². The first-order chi connectivity index (χ1) is 17.0. The van der Waals surface area contributed by atoms with Crippen molar-refractivity contribution in [3.63, 3.8) is 0 Å². The molecule has 0 bridgehead atoms. The van der Waals surface area contributed by atoms with Crippen molar-refractivity contribution in [3.8, 4) is 11.5 Å². The maximum Gasteiger partial charge on any atom is 0.349 e. The number of benzene rings is 4. The third-order valence-corrected chi connectivity index (χ3v) is 5.83. The molecule has 0 unspecified atom stereocenters. The highest BCUT2D eigenvalue weighted by Crippen LogP contribution is 2.35. The summed E-state index contributed by atoms with van der Waals surface area (Å²) in [7, 11) is 1.51. The molecule has 0 saturated heterocycles. The van der Waals surface area contributed by atoms with E-state index in [-0.39, 0.29) is 6.61 Å². The predicted molar refractivity (Wildman–Crippen MR) is 138 cm³/mol. The first-order valence-corrected chi connectivity index (χ1v) is 11.2. The Kier molecular flexibility index (Phi) is 6.08. The smallest absolute Gasteiger partial charge is 0.349 e. The van der Waals surface area contributed by atoms with Crippen LogP contribution in [-0.4, -0.2) is 23.0 Å². The molecule has 0 spiro atoms. The van der Waals surface area contributed by atoms with Crippen LogP contribution >= 0.6 is 11.6 Å². The molecule has 1 aromatic heterocycles. The zero-order chi connectivity index (χ0) is 24.4. The van der Waals surface area contributed by atoms with Crippen LogP contribution in [0.3, 0.4) is 0 Å². The number of hydrogen-bond donors (Lipinski definition) is 1. The van der Waals surface area contributed by atoms with Crippen LogP contribution in [0.2, 0.25) is 5.02 Å². The molecule has 0 aliphatic heterocycles. The van der Waals surface area contributed by atoms with Crippen LogP contribution < -0.4 is 20.7 Å². The van der Waals surface area contributed by atoms with Crippen molar-refractivity contribution >= 4 is 39.5 Å². The molecule has 8 heteroatoms. The topological polar surface area (TPSA) is 85.7 Å². The Morgan fingerprint density at radius 2 is 1.71 bits per heavy atom. The summed E-state index contributed by atoms with van der Waals surface area (Å²) >= 11 is 6.28. The highest BCUT2D eigenvalue weighted by Gasteiger charge is 2.14. The van der Waals surface area contributed by atoms with Crippen molar-refractivity contribution in [3.05, 3.63) is 116 Å².